The number of carboxylic acids is 1. The van der Waals surface area contributed by atoms with E-state index in [1.807, 2.05) is 20.8 Å². The summed E-state index contributed by atoms with van der Waals surface area (Å²) in [4.78, 5) is 24.9. The van der Waals surface area contributed by atoms with Crippen LogP contribution in [0.2, 0.25) is 0 Å². The van der Waals surface area contributed by atoms with Crippen LogP contribution in [0.5, 0.6) is 5.75 Å². The molecule has 1 N–H and O–H groups in total. The van der Waals surface area contributed by atoms with Gasteiger partial charge in [-0.2, -0.15) is 0 Å². The standard InChI is InChI=1S/C15H21NO4/c1-15(2,3)16(10-9-13(17)18)14(19)11-7-5-6-8-12(11)20-4/h5-8H,9-10H2,1-4H3,(H,17,18). The highest BCUT2D eigenvalue weighted by molar-refractivity contribution is 5.97. The molecule has 0 aromatic heterocycles. The van der Waals surface area contributed by atoms with Crippen LogP contribution in [0.1, 0.15) is 37.6 Å². The minimum atomic E-state index is -0.924. The molecule has 0 aliphatic rings. The van der Waals surface area contributed by atoms with Gasteiger partial charge in [-0.05, 0) is 32.9 Å². The zero-order chi connectivity index (χ0) is 15.3. The topological polar surface area (TPSA) is 66.8 Å². The summed E-state index contributed by atoms with van der Waals surface area (Å²) in [7, 11) is 1.50. The van der Waals surface area contributed by atoms with Gasteiger partial charge in [0.2, 0.25) is 0 Å². The third-order valence-corrected chi connectivity index (χ3v) is 2.94. The van der Waals surface area contributed by atoms with Crippen molar-refractivity contribution < 1.29 is 19.4 Å². The van der Waals surface area contributed by atoms with Gasteiger partial charge < -0.3 is 14.7 Å². The molecule has 110 valence electrons. The molecule has 20 heavy (non-hydrogen) atoms. The van der Waals surface area contributed by atoms with E-state index in [0.717, 1.165) is 0 Å². The Morgan fingerprint density at radius 1 is 1.25 bits per heavy atom. The van der Waals surface area contributed by atoms with E-state index >= 15 is 0 Å². The first-order chi connectivity index (χ1) is 9.27. The van der Waals surface area contributed by atoms with Crippen molar-refractivity contribution in [3.63, 3.8) is 0 Å². The number of carbonyl (C=O) groups is 2. The Morgan fingerprint density at radius 2 is 1.85 bits per heavy atom. The van der Waals surface area contributed by atoms with Crippen LogP contribution in [-0.2, 0) is 4.79 Å². The van der Waals surface area contributed by atoms with Crippen LogP contribution < -0.4 is 4.74 Å². The van der Waals surface area contributed by atoms with Gasteiger partial charge in [-0.1, -0.05) is 12.1 Å². The maximum absolute atomic E-state index is 12.6. The monoisotopic (exact) mass is 279 g/mol. The van der Waals surface area contributed by atoms with Gasteiger partial charge in [-0.3, -0.25) is 9.59 Å². The van der Waals surface area contributed by atoms with Gasteiger partial charge in [-0.15, -0.1) is 0 Å². The summed E-state index contributed by atoms with van der Waals surface area (Å²) in [6.45, 7) is 5.79. The molecular formula is C15H21NO4. The van der Waals surface area contributed by atoms with Crippen molar-refractivity contribution in [1.29, 1.82) is 0 Å². The highest BCUT2D eigenvalue weighted by Gasteiger charge is 2.29. The van der Waals surface area contributed by atoms with E-state index in [1.54, 1.807) is 29.2 Å². The molecule has 5 nitrogen and oxygen atoms in total. The van der Waals surface area contributed by atoms with Crippen LogP contribution >= 0.6 is 0 Å². The number of hydrogen-bond acceptors (Lipinski definition) is 3. The fraction of sp³-hybridized carbons (Fsp3) is 0.467. The highest BCUT2D eigenvalue weighted by atomic mass is 16.5. The molecular weight excluding hydrogens is 258 g/mol. The van der Waals surface area contributed by atoms with Crippen LogP contribution in [0.15, 0.2) is 24.3 Å². The predicted molar refractivity (Wildman–Crippen MR) is 76.0 cm³/mol. The molecule has 0 saturated heterocycles. The fourth-order valence-electron chi connectivity index (χ4n) is 1.92. The van der Waals surface area contributed by atoms with Crippen molar-refractivity contribution in [2.45, 2.75) is 32.7 Å². The minimum Gasteiger partial charge on any atom is -0.496 e. The first-order valence-electron chi connectivity index (χ1n) is 6.44. The molecule has 0 spiro atoms. The summed E-state index contributed by atoms with van der Waals surface area (Å²) in [6, 6.07) is 6.94. The lowest BCUT2D eigenvalue weighted by Crippen LogP contribution is -2.46. The summed E-state index contributed by atoms with van der Waals surface area (Å²) < 4.78 is 5.19. The van der Waals surface area contributed by atoms with Gasteiger partial charge in [0.25, 0.3) is 5.91 Å². The van der Waals surface area contributed by atoms with Gasteiger partial charge in [0.1, 0.15) is 5.75 Å². The van der Waals surface area contributed by atoms with Gasteiger partial charge in [-0.25, -0.2) is 0 Å². The second-order valence-electron chi connectivity index (χ2n) is 5.47. The Morgan fingerprint density at radius 3 is 2.35 bits per heavy atom. The summed E-state index contributed by atoms with van der Waals surface area (Å²) in [6.07, 6.45) is -0.0852. The number of rotatable bonds is 5. The van der Waals surface area contributed by atoms with E-state index in [4.69, 9.17) is 9.84 Å². The number of benzene rings is 1. The molecule has 0 unspecified atom stereocenters. The Kier molecular flexibility index (Phi) is 5.13. The van der Waals surface area contributed by atoms with Gasteiger partial charge in [0.05, 0.1) is 19.1 Å². The summed E-state index contributed by atoms with van der Waals surface area (Å²) >= 11 is 0. The van der Waals surface area contributed by atoms with Gasteiger partial charge in [0, 0.05) is 12.1 Å². The van der Waals surface area contributed by atoms with Crippen molar-refractivity contribution in [3.05, 3.63) is 29.8 Å². The molecule has 0 saturated carbocycles. The van der Waals surface area contributed by atoms with E-state index in [2.05, 4.69) is 0 Å². The number of aliphatic carboxylic acids is 1. The second-order valence-corrected chi connectivity index (χ2v) is 5.47. The smallest absolute Gasteiger partial charge is 0.305 e. The van der Waals surface area contributed by atoms with Gasteiger partial charge >= 0.3 is 5.97 Å². The summed E-state index contributed by atoms with van der Waals surface area (Å²) in [5.41, 5.74) is -0.0248. The molecule has 0 aliphatic carbocycles. The van der Waals surface area contributed by atoms with Crippen LogP contribution in [0.4, 0.5) is 0 Å². The molecule has 0 fully saturated rings. The molecule has 0 aliphatic heterocycles. The zero-order valence-electron chi connectivity index (χ0n) is 12.3. The van der Waals surface area contributed by atoms with Crippen LogP contribution in [0.3, 0.4) is 0 Å². The normalized spacial score (nSPS) is 11.0. The molecule has 0 radical (unpaired) electrons. The molecule has 0 heterocycles. The lowest BCUT2D eigenvalue weighted by molar-refractivity contribution is -0.137. The second kappa shape index (κ2) is 6.41. The highest BCUT2D eigenvalue weighted by Crippen LogP contribution is 2.23. The van der Waals surface area contributed by atoms with E-state index in [9.17, 15) is 9.59 Å². The molecule has 0 atom stereocenters. The Balaban J connectivity index is 3.07. The number of amides is 1. The van der Waals surface area contributed by atoms with Crippen LogP contribution in [0.25, 0.3) is 0 Å². The Bertz CT molecular complexity index is 491. The zero-order valence-corrected chi connectivity index (χ0v) is 12.3. The van der Waals surface area contributed by atoms with Crippen molar-refractivity contribution in [1.82, 2.24) is 4.90 Å². The number of para-hydroxylation sites is 1. The third kappa shape index (κ3) is 3.98. The lowest BCUT2D eigenvalue weighted by Gasteiger charge is -2.35. The third-order valence-electron chi connectivity index (χ3n) is 2.94. The number of hydrogen-bond donors (Lipinski definition) is 1. The average Bonchev–Trinajstić information content (AvgIpc) is 2.36. The fourth-order valence-corrected chi connectivity index (χ4v) is 1.92. The van der Waals surface area contributed by atoms with E-state index in [-0.39, 0.29) is 18.9 Å². The van der Waals surface area contributed by atoms with Crippen LogP contribution in [-0.4, -0.2) is 41.1 Å². The van der Waals surface area contributed by atoms with Crippen LogP contribution in [0, 0.1) is 0 Å². The number of carboxylic acid groups (broad SMARTS) is 1. The summed E-state index contributed by atoms with van der Waals surface area (Å²) in [5.74, 6) is -0.662. The first-order valence-corrected chi connectivity index (χ1v) is 6.44. The predicted octanol–water partition coefficient (Wildman–Crippen LogP) is 2.41. The van der Waals surface area contributed by atoms with Crippen molar-refractivity contribution in [2.75, 3.05) is 13.7 Å². The number of methoxy groups -OCH3 is 1. The Labute approximate surface area is 119 Å². The largest absolute Gasteiger partial charge is 0.496 e. The maximum Gasteiger partial charge on any atom is 0.305 e. The van der Waals surface area contributed by atoms with Crippen molar-refractivity contribution >= 4 is 11.9 Å². The molecule has 5 heteroatoms. The van der Waals surface area contributed by atoms with Crippen molar-refractivity contribution in [2.24, 2.45) is 0 Å². The molecule has 0 bridgehead atoms. The summed E-state index contributed by atoms with van der Waals surface area (Å²) in [5, 5.41) is 8.82. The molecule has 1 aromatic rings. The molecule has 1 rings (SSSR count). The quantitative estimate of drug-likeness (QED) is 0.898. The minimum absolute atomic E-state index is 0.0852. The lowest BCUT2D eigenvalue weighted by atomic mass is 10.0. The van der Waals surface area contributed by atoms with E-state index in [0.29, 0.717) is 11.3 Å². The average molecular weight is 279 g/mol. The number of carbonyl (C=O) groups excluding carboxylic acids is 1. The van der Waals surface area contributed by atoms with E-state index in [1.165, 1.54) is 7.11 Å². The maximum atomic E-state index is 12.6. The van der Waals surface area contributed by atoms with E-state index < -0.39 is 11.5 Å². The molecule has 1 amide bonds. The SMILES string of the molecule is COc1ccccc1C(=O)N(CCC(=O)O)C(C)(C)C. The first kappa shape index (κ1) is 16.0. The number of ether oxygens (including phenoxy) is 1. The van der Waals surface area contributed by atoms with Crippen molar-refractivity contribution in [3.8, 4) is 5.75 Å². The van der Waals surface area contributed by atoms with Gasteiger partial charge in [0.15, 0.2) is 0 Å². The Hall–Kier alpha value is -2.04. The molecule has 1 aromatic carbocycles. The number of nitrogens with zero attached hydrogens (tertiary/aromatic N) is 1.